The zero-order chi connectivity index (χ0) is 20.3. The van der Waals surface area contributed by atoms with E-state index in [1.807, 2.05) is 0 Å². The molecule has 1 heterocycles. The van der Waals surface area contributed by atoms with Gasteiger partial charge in [0.2, 0.25) is 0 Å². The molecule has 0 fully saturated rings. The van der Waals surface area contributed by atoms with Gasteiger partial charge in [-0.3, -0.25) is 9.52 Å². The summed E-state index contributed by atoms with van der Waals surface area (Å²) in [5.74, 6) is 0.250. The molecule has 9 heteroatoms. The van der Waals surface area contributed by atoms with Gasteiger partial charge in [-0.05, 0) is 54.6 Å². The third kappa shape index (κ3) is 4.67. The third-order valence-corrected chi connectivity index (χ3v) is 5.87. The molecule has 0 aliphatic heterocycles. The first-order valence-corrected chi connectivity index (χ1v) is 10.4. The summed E-state index contributed by atoms with van der Waals surface area (Å²) in [6.07, 6.45) is 1.52. The monoisotopic (exact) mass is 438 g/mol. The van der Waals surface area contributed by atoms with Crippen molar-refractivity contribution in [3.8, 4) is 0 Å². The Kier molecular flexibility index (Phi) is 5.98. The summed E-state index contributed by atoms with van der Waals surface area (Å²) in [5, 5.41) is 0.642. The lowest BCUT2D eigenvalue weighted by Gasteiger charge is -2.17. The smallest absolute Gasteiger partial charge is 0.261 e. The fraction of sp³-hybridized carbons (Fsp3) is 0.105. The molecular formula is C19H16Cl2N2O4S. The number of anilines is 1. The van der Waals surface area contributed by atoms with Crippen molar-refractivity contribution in [1.29, 1.82) is 0 Å². The highest BCUT2D eigenvalue weighted by Crippen LogP contribution is 2.25. The number of sulfonamides is 1. The summed E-state index contributed by atoms with van der Waals surface area (Å²) in [6.45, 7) is 0.253. The third-order valence-electron chi connectivity index (χ3n) is 3.89. The van der Waals surface area contributed by atoms with Gasteiger partial charge in [0, 0.05) is 17.8 Å². The minimum Gasteiger partial charge on any atom is -0.467 e. The van der Waals surface area contributed by atoms with E-state index >= 15 is 0 Å². The van der Waals surface area contributed by atoms with Crippen molar-refractivity contribution in [2.24, 2.45) is 0 Å². The molecular weight excluding hydrogens is 423 g/mol. The maximum absolute atomic E-state index is 12.7. The minimum atomic E-state index is -3.84. The highest BCUT2D eigenvalue weighted by Gasteiger charge is 2.19. The molecule has 146 valence electrons. The molecule has 0 atom stereocenters. The summed E-state index contributed by atoms with van der Waals surface area (Å²) in [6, 6.07) is 13.6. The minimum absolute atomic E-state index is 0.0506. The summed E-state index contributed by atoms with van der Waals surface area (Å²) in [7, 11) is -2.24. The predicted molar refractivity (Wildman–Crippen MR) is 108 cm³/mol. The molecule has 28 heavy (non-hydrogen) atoms. The molecule has 1 aromatic heterocycles. The van der Waals surface area contributed by atoms with Crippen LogP contribution < -0.4 is 4.72 Å². The summed E-state index contributed by atoms with van der Waals surface area (Å²) in [5.41, 5.74) is 0.390. The van der Waals surface area contributed by atoms with Crippen LogP contribution in [0.25, 0.3) is 0 Å². The average molecular weight is 439 g/mol. The van der Waals surface area contributed by atoms with E-state index in [9.17, 15) is 13.2 Å². The number of halogens is 2. The molecule has 0 bridgehead atoms. The maximum Gasteiger partial charge on any atom is 0.261 e. The van der Waals surface area contributed by atoms with Gasteiger partial charge >= 0.3 is 0 Å². The van der Waals surface area contributed by atoms with Crippen molar-refractivity contribution in [1.82, 2.24) is 4.90 Å². The molecule has 2 aromatic carbocycles. The lowest BCUT2D eigenvalue weighted by molar-refractivity contribution is 0.0775. The van der Waals surface area contributed by atoms with Crippen LogP contribution in [0.15, 0.2) is 70.2 Å². The quantitative estimate of drug-likeness (QED) is 0.606. The van der Waals surface area contributed by atoms with Crippen molar-refractivity contribution in [2.45, 2.75) is 11.4 Å². The Morgan fingerprint density at radius 1 is 1.11 bits per heavy atom. The average Bonchev–Trinajstić information content (AvgIpc) is 3.16. The first-order valence-electron chi connectivity index (χ1n) is 8.12. The Morgan fingerprint density at radius 2 is 1.82 bits per heavy atom. The van der Waals surface area contributed by atoms with Crippen LogP contribution in [-0.2, 0) is 16.6 Å². The fourth-order valence-electron chi connectivity index (χ4n) is 2.49. The highest BCUT2D eigenvalue weighted by atomic mass is 35.5. The standard InChI is InChI=1S/C19H16Cl2N2O4S/c1-23(12-15-3-2-10-27-15)19(24)17-11-14(6-9-18(17)21)22-28(25,26)16-7-4-13(20)5-8-16/h2-11,22H,12H2,1H3. The van der Waals surface area contributed by atoms with Gasteiger partial charge in [-0.25, -0.2) is 8.42 Å². The van der Waals surface area contributed by atoms with Crippen molar-refractivity contribution in [3.05, 3.63) is 82.2 Å². The van der Waals surface area contributed by atoms with Crippen molar-refractivity contribution >= 4 is 44.8 Å². The van der Waals surface area contributed by atoms with Crippen LogP contribution in [0.2, 0.25) is 10.0 Å². The Hall–Kier alpha value is -2.48. The second kappa shape index (κ2) is 8.26. The number of rotatable bonds is 6. The van der Waals surface area contributed by atoms with Gasteiger partial charge < -0.3 is 9.32 Å². The largest absolute Gasteiger partial charge is 0.467 e. The maximum atomic E-state index is 12.7. The van der Waals surface area contributed by atoms with Gasteiger partial charge in [0.25, 0.3) is 15.9 Å². The van der Waals surface area contributed by atoms with E-state index in [1.54, 1.807) is 19.2 Å². The van der Waals surface area contributed by atoms with E-state index < -0.39 is 10.0 Å². The zero-order valence-electron chi connectivity index (χ0n) is 14.7. The topological polar surface area (TPSA) is 79.6 Å². The second-order valence-corrected chi connectivity index (χ2v) is 8.52. The molecule has 1 N–H and O–H groups in total. The van der Waals surface area contributed by atoms with Crippen LogP contribution in [0.4, 0.5) is 5.69 Å². The molecule has 1 amide bonds. The van der Waals surface area contributed by atoms with Gasteiger partial charge in [0.1, 0.15) is 5.76 Å². The van der Waals surface area contributed by atoms with E-state index in [0.717, 1.165) is 0 Å². The second-order valence-electron chi connectivity index (χ2n) is 5.99. The van der Waals surface area contributed by atoms with Gasteiger partial charge in [-0.1, -0.05) is 23.2 Å². The molecule has 3 rings (SSSR count). The number of carbonyl (C=O) groups excluding carboxylic acids is 1. The highest BCUT2D eigenvalue weighted by molar-refractivity contribution is 7.92. The van der Waals surface area contributed by atoms with Crippen LogP contribution in [0.3, 0.4) is 0 Å². The van der Waals surface area contributed by atoms with Crippen molar-refractivity contribution in [3.63, 3.8) is 0 Å². The number of nitrogens with one attached hydrogen (secondary N) is 1. The van der Waals surface area contributed by atoms with Crippen LogP contribution in [0.5, 0.6) is 0 Å². The van der Waals surface area contributed by atoms with Crippen LogP contribution in [-0.4, -0.2) is 26.3 Å². The Labute approximate surface area is 172 Å². The number of carbonyl (C=O) groups is 1. The van der Waals surface area contributed by atoms with E-state index in [4.69, 9.17) is 27.6 Å². The van der Waals surface area contributed by atoms with Gasteiger partial charge in [0.15, 0.2) is 0 Å². The van der Waals surface area contributed by atoms with Crippen LogP contribution in [0.1, 0.15) is 16.1 Å². The number of hydrogen-bond donors (Lipinski definition) is 1. The SMILES string of the molecule is CN(Cc1ccco1)C(=O)c1cc(NS(=O)(=O)c2ccc(Cl)cc2)ccc1Cl. The molecule has 0 radical (unpaired) electrons. The molecule has 0 saturated carbocycles. The molecule has 0 spiro atoms. The van der Waals surface area contributed by atoms with E-state index in [2.05, 4.69) is 4.72 Å². The van der Waals surface area contributed by atoms with Crippen LogP contribution in [0, 0.1) is 0 Å². The lowest BCUT2D eigenvalue weighted by Crippen LogP contribution is -2.26. The molecule has 3 aromatic rings. The molecule has 0 saturated heterocycles. The number of amides is 1. The van der Waals surface area contributed by atoms with Gasteiger partial charge in [-0.15, -0.1) is 0 Å². The van der Waals surface area contributed by atoms with Crippen molar-refractivity contribution < 1.29 is 17.6 Å². The number of furan rings is 1. The number of nitrogens with zero attached hydrogens (tertiary/aromatic N) is 1. The Morgan fingerprint density at radius 3 is 2.46 bits per heavy atom. The molecule has 0 aliphatic rings. The summed E-state index contributed by atoms with van der Waals surface area (Å²) < 4.78 is 32.7. The van der Waals surface area contributed by atoms with E-state index in [1.165, 1.54) is 53.6 Å². The summed E-state index contributed by atoms with van der Waals surface area (Å²) in [4.78, 5) is 14.2. The first-order chi connectivity index (χ1) is 13.3. The van der Waals surface area contributed by atoms with E-state index in [-0.39, 0.29) is 33.6 Å². The Balaban J connectivity index is 1.82. The van der Waals surface area contributed by atoms with Gasteiger partial charge in [-0.2, -0.15) is 0 Å². The molecule has 0 aliphatic carbocycles. The first kappa shape index (κ1) is 20.3. The normalized spacial score (nSPS) is 11.2. The lowest BCUT2D eigenvalue weighted by atomic mass is 10.1. The zero-order valence-corrected chi connectivity index (χ0v) is 17.1. The predicted octanol–water partition coefficient (Wildman–Crippen LogP) is 4.66. The van der Waals surface area contributed by atoms with Crippen molar-refractivity contribution in [2.75, 3.05) is 11.8 Å². The van der Waals surface area contributed by atoms with Gasteiger partial charge in [0.05, 0.1) is 28.3 Å². The fourth-order valence-corrected chi connectivity index (χ4v) is 3.87. The number of benzene rings is 2. The number of hydrogen-bond acceptors (Lipinski definition) is 4. The Bertz CT molecular complexity index is 1080. The van der Waals surface area contributed by atoms with E-state index in [0.29, 0.717) is 10.8 Å². The molecule has 6 nitrogen and oxygen atoms in total. The van der Waals surface area contributed by atoms with Crippen LogP contribution >= 0.6 is 23.2 Å². The molecule has 0 unspecified atom stereocenters. The summed E-state index contributed by atoms with van der Waals surface area (Å²) >= 11 is 12.0.